The van der Waals surface area contributed by atoms with Gasteiger partial charge >= 0.3 is 6.18 Å². The van der Waals surface area contributed by atoms with Gasteiger partial charge in [0.1, 0.15) is 17.7 Å². The average molecular weight is 598 g/mol. The lowest BCUT2D eigenvalue weighted by atomic mass is 9.89. The van der Waals surface area contributed by atoms with Crippen LogP contribution >= 0.6 is 0 Å². The smallest absolute Gasteiger partial charge is 0.237 e. The number of fused-ring (bicyclic) bond motifs is 2. The molecule has 5 rings (SSSR count). The van der Waals surface area contributed by atoms with Crippen LogP contribution in [0.5, 0.6) is 0 Å². The number of halogens is 5. The molecule has 6 nitrogen and oxygen atoms in total. The van der Waals surface area contributed by atoms with Crippen molar-refractivity contribution in [2.45, 2.75) is 13.1 Å². The number of nitriles is 3. The van der Waals surface area contributed by atoms with Crippen LogP contribution in [0, 0.1) is 72.3 Å². The Labute approximate surface area is 252 Å². The number of nitrogens with zero attached hydrogens (tertiary/aromatic N) is 6. The zero-order valence-electron chi connectivity index (χ0n) is 22.7. The molecule has 0 atom stereocenters. The van der Waals surface area contributed by atoms with Crippen molar-refractivity contribution in [1.82, 2.24) is 0 Å². The van der Waals surface area contributed by atoms with Crippen molar-refractivity contribution in [3.8, 4) is 18.2 Å². The van der Waals surface area contributed by atoms with Crippen molar-refractivity contribution >= 4 is 33.6 Å². The number of hydrogen-bond donors (Lipinski definition) is 0. The van der Waals surface area contributed by atoms with Gasteiger partial charge in [0.15, 0.2) is 0 Å². The van der Waals surface area contributed by atoms with Crippen LogP contribution in [0.4, 0.5) is 22.0 Å². The van der Waals surface area contributed by atoms with Crippen molar-refractivity contribution in [3.05, 3.63) is 150 Å². The van der Waals surface area contributed by atoms with E-state index in [-0.39, 0.29) is 22.3 Å². The van der Waals surface area contributed by atoms with Crippen LogP contribution in [0.25, 0.3) is 48.1 Å². The maximum atomic E-state index is 17.0. The largest absolute Gasteiger partial charge is 0.416 e. The Kier molecular flexibility index (Phi) is 7.13. The van der Waals surface area contributed by atoms with E-state index in [2.05, 4.69) is 14.5 Å². The van der Waals surface area contributed by atoms with E-state index in [9.17, 15) is 29.0 Å². The number of alkyl halides is 3. The molecule has 0 unspecified atom stereocenters. The Morgan fingerprint density at radius 1 is 0.689 bits per heavy atom. The fourth-order valence-electron chi connectivity index (χ4n) is 5.45. The molecule has 11 heteroatoms. The van der Waals surface area contributed by atoms with E-state index in [1.807, 2.05) is 0 Å². The quantitative estimate of drug-likeness (QED) is 0.168. The van der Waals surface area contributed by atoms with Crippen LogP contribution in [0.15, 0.2) is 59.9 Å². The summed E-state index contributed by atoms with van der Waals surface area (Å²) in [5.74, 6) is -2.62. The van der Waals surface area contributed by atoms with Crippen molar-refractivity contribution in [2.75, 3.05) is 0 Å². The molecule has 0 heterocycles. The minimum Gasteiger partial charge on any atom is -0.237 e. The SMILES string of the molecule is [C-]#[N+]C1=C(c2ccc(C)cc2)/C(=C(/C#N)[N+]#[C-])c2c(F)c3c(c(F)c21)C(C#N)=C(c1ccc(C(F)(F)F)cc1)/C3=C(\C#N)[N+]#[C-]. The van der Waals surface area contributed by atoms with E-state index in [1.165, 1.54) is 0 Å². The number of hydrogen-bond acceptors (Lipinski definition) is 3. The highest BCUT2D eigenvalue weighted by molar-refractivity contribution is 6.29. The third-order valence-corrected chi connectivity index (χ3v) is 7.33. The van der Waals surface area contributed by atoms with Crippen molar-refractivity contribution < 1.29 is 22.0 Å². The summed E-state index contributed by atoms with van der Waals surface area (Å²) in [7, 11) is 0. The zero-order chi connectivity index (χ0) is 32.8. The van der Waals surface area contributed by atoms with Crippen molar-refractivity contribution in [3.63, 3.8) is 0 Å². The molecule has 0 fully saturated rings. The second-order valence-corrected chi connectivity index (χ2v) is 9.66. The molecule has 0 saturated carbocycles. The van der Waals surface area contributed by atoms with Gasteiger partial charge in [0.25, 0.3) is 11.4 Å². The van der Waals surface area contributed by atoms with E-state index in [0.29, 0.717) is 12.1 Å². The monoisotopic (exact) mass is 598 g/mol. The molecule has 0 radical (unpaired) electrons. The average Bonchev–Trinajstić information content (AvgIpc) is 3.56. The summed E-state index contributed by atoms with van der Waals surface area (Å²) in [4.78, 5) is 9.77. The van der Waals surface area contributed by atoms with Gasteiger partial charge in [-0.25, -0.2) is 33.8 Å². The highest BCUT2D eigenvalue weighted by Crippen LogP contribution is 2.57. The third-order valence-electron chi connectivity index (χ3n) is 7.33. The molecule has 0 aliphatic heterocycles. The normalized spacial score (nSPS) is 15.6. The van der Waals surface area contributed by atoms with E-state index in [0.717, 1.165) is 17.7 Å². The summed E-state index contributed by atoms with van der Waals surface area (Å²) >= 11 is 0. The molecule has 0 bridgehead atoms. The van der Waals surface area contributed by atoms with Gasteiger partial charge in [0.05, 0.1) is 43.0 Å². The Morgan fingerprint density at radius 3 is 1.62 bits per heavy atom. The highest BCUT2D eigenvalue weighted by atomic mass is 19.4. The summed E-state index contributed by atoms with van der Waals surface area (Å²) < 4.78 is 73.7. The molecule has 0 N–H and O–H groups in total. The Bertz CT molecular complexity index is 2230. The van der Waals surface area contributed by atoms with E-state index < -0.39 is 79.4 Å². The molecule has 3 aromatic rings. The second-order valence-electron chi connectivity index (χ2n) is 9.66. The summed E-state index contributed by atoms with van der Waals surface area (Å²) in [5.41, 5.74) is -6.73. The van der Waals surface area contributed by atoms with Crippen LogP contribution in [-0.2, 0) is 6.18 Å². The van der Waals surface area contributed by atoms with E-state index in [4.69, 9.17) is 19.7 Å². The molecular formula is C34H11F5N6. The zero-order valence-corrected chi connectivity index (χ0v) is 22.7. The lowest BCUT2D eigenvalue weighted by Crippen LogP contribution is -2.05. The van der Waals surface area contributed by atoms with E-state index >= 15 is 8.78 Å². The summed E-state index contributed by atoms with van der Waals surface area (Å²) in [6.45, 7) is 24.8. The molecule has 2 aliphatic carbocycles. The Hall–Kier alpha value is -6.79. The minimum absolute atomic E-state index is 0.101. The van der Waals surface area contributed by atoms with Crippen LogP contribution < -0.4 is 0 Å². The van der Waals surface area contributed by atoms with Crippen LogP contribution in [0.1, 0.15) is 44.5 Å². The molecule has 0 spiro atoms. The van der Waals surface area contributed by atoms with Crippen molar-refractivity contribution in [2.24, 2.45) is 0 Å². The lowest BCUT2D eigenvalue weighted by Gasteiger charge is -2.15. The minimum atomic E-state index is -4.72. The molecule has 45 heavy (non-hydrogen) atoms. The molecule has 0 aromatic heterocycles. The maximum absolute atomic E-state index is 17.0. The topological polar surface area (TPSA) is 84.5 Å². The Morgan fingerprint density at radius 2 is 1.16 bits per heavy atom. The van der Waals surface area contributed by atoms with Crippen LogP contribution in [-0.4, -0.2) is 0 Å². The van der Waals surface area contributed by atoms with Gasteiger partial charge < -0.3 is 0 Å². The number of aryl methyl sites for hydroxylation is 1. The van der Waals surface area contributed by atoms with Gasteiger partial charge in [0, 0.05) is 27.8 Å². The van der Waals surface area contributed by atoms with Crippen LogP contribution in [0.3, 0.4) is 0 Å². The molecule has 0 amide bonds. The third kappa shape index (κ3) is 4.33. The van der Waals surface area contributed by atoms with Crippen molar-refractivity contribution in [1.29, 1.82) is 15.8 Å². The van der Waals surface area contributed by atoms with Gasteiger partial charge in [0.2, 0.25) is 5.70 Å². The fraction of sp³-hybridized carbons (Fsp3) is 0.0588. The Balaban J connectivity index is 1.98. The first-order valence-corrected chi connectivity index (χ1v) is 12.6. The molecular weight excluding hydrogens is 587 g/mol. The van der Waals surface area contributed by atoms with Gasteiger partial charge in [-0.3, -0.25) is 0 Å². The second kappa shape index (κ2) is 10.8. The lowest BCUT2D eigenvalue weighted by molar-refractivity contribution is -0.137. The maximum Gasteiger partial charge on any atom is 0.416 e. The van der Waals surface area contributed by atoms with Crippen LogP contribution in [0.2, 0.25) is 0 Å². The predicted molar refractivity (Wildman–Crippen MR) is 153 cm³/mol. The standard InChI is InChI=1S/C34H11F5N6/c1-16-5-7-18(8-6-16)24-27(22(15-42)44-3)29-30(33(24)45-4)31(35)25-20(13-40)23(17-9-11-19(12-10-17)34(37,38)39)26(21(14-41)43-2)28(25)32(29)36/h5-12H,1H3/b26-21-,27-22+. The number of benzene rings is 3. The highest BCUT2D eigenvalue weighted by Gasteiger charge is 2.44. The van der Waals surface area contributed by atoms with E-state index in [1.54, 1.807) is 49.4 Å². The molecule has 212 valence electrons. The van der Waals surface area contributed by atoms with Gasteiger partial charge in [-0.05, 0) is 46.9 Å². The van der Waals surface area contributed by atoms with Gasteiger partial charge in [-0.1, -0.05) is 42.0 Å². The molecule has 2 aliphatic rings. The fourth-order valence-corrected chi connectivity index (χ4v) is 5.45. The van der Waals surface area contributed by atoms with Gasteiger partial charge in [-0.15, -0.1) is 0 Å². The number of allylic oxidation sites excluding steroid dienone is 7. The predicted octanol–water partition coefficient (Wildman–Crippen LogP) is 8.85. The molecule has 0 saturated heterocycles. The first-order valence-electron chi connectivity index (χ1n) is 12.6. The number of rotatable bonds is 2. The first-order chi connectivity index (χ1) is 21.5. The molecule has 3 aromatic carbocycles. The first kappa shape index (κ1) is 29.7. The summed E-state index contributed by atoms with van der Waals surface area (Å²) in [6, 6.07) is 14.6. The van der Waals surface area contributed by atoms with Gasteiger partial charge in [-0.2, -0.15) is 18.4 Å². The summed E-state index contributed by atoms with van der Waals surface area (Å²) in [5, 5.41) is 29.9. The summed E-state index contributed by atoms with van der Waals surface area (Å²) in [6.07, 6.45) is -4.72.